The van der Waals surface area contributed by atoms with E-state index in [2.05, 4.69) is 278 Å². The molecule has 0 saturated heterocycles. The molecule has 11 aromatic carbocycles. The number of rotatable bonds is 10. The van der Waals surface area contributed by atoms with Gasteiger partial charge in [0.05, 0.1) is 11.1 Å². The molecule has 0 atom stereocenters. The van der Waals surface area contributed by atoms with E-state index in [9.17, 15) is 0 Å². The van der Waals surface area contributed by atoms with Crippen LogP contribution in [0.3, 0.4) is 0 Å². The summed E-state index contributed by atoms with van der Waals surface area (Å²) >= 11 is 1.86. The first kappa shape index (κ1) is 40.2. The lowest BCUT2D eigenvalue weighted by atomic mass is 9.65. The van der Waals surface area contributed by atoms with E-state index < -0.39 is 5.41 Å². The minimum Gasteiger partial charge on any atom is -0.310 e. The second kappa shape index (κ2) is 17.2. The van der Waals surface area contributed by atoms with Crippen LogP contribution < -0.4 is 4.90 Å². The fourth-order valence-corrected chi connectivity index (χ4v) is 11.4. The molecule has 0 bridgehead atoms. The number of anilines is 3. The highest BCUT2D eigenvalue weighted by atomic mass is 32.1. The second-order valence-corrected chi connectivity index (χ2v) is 18.3. The molecule has 0 aliphatic carbocycles. The van der Waals surface area contributed by atoms with Gasteiger partial charge in [0.2, 0.25) is 0 Å². The van der Waals surface area contributed by atoms with Crippen LogP contribution in [0.5, 0.6) is 0 Å². The molecule has 2 heteroatoms. The van der Waals surface area contributed by atoms with Crippen LogP contribution >= 0.6 is 11.3 Å². The maximum absolute atomic E-state index is 2.43. The van der Waals surface area contributed by atoms with Crippen molar-refractivity contribution in [2.75, 3.05) is 4.90 Å². The molecule has 0 radical (unpaired) electrons. The highest BCUT2D eigenvalue weighted by Gasteiger charge is 2.38. The van der Waals surface area contributed by atoms with Crippen molar-refractivity contribution >= 4 is 59.3 Å². The zero-order valence-electron chi connectivity index (χ0n) is 36.8. The molecule has 0 aliphatic rings. The number of fused-ring (bicyclic) bond motifs is 4. The van der Waals surface area contributed by atoms with Crippen molar-refractivity contribution in [2.24, 2.45) is 0 Å². The third kappa shape index (κ3) is 7.20. The molecule has 1 heterocycles. The lowest BCUT2D eigenvalue weighted by molar-refractivity contribution is 0.745. The number of hydrogen-bond donors (Lipinski definition) is 0. The van der Waals surface area contributed by atoms with Crippen molar-refractivity contribution in [3.8, 4) is 33.4 Å². The number of benzene rings is 11. The van der Waals surface area contributed by atoms with Crippen LogP contribution in [0.1, 0.15) is 22.3 Å². The summed E-state index contributed by atoms with van der Waals surface area (Å²) in [7, 11) is 0. The van der Waals surface area contributed by atoms with Gasteiger partial charge in [0, 0.05) is 36.9 Å². The minimum absolute atomic E-state index is 0.510. The van der Waals surface area contributed by atoms with Gasteiger partial charge in [0.15, 0.2) is 0 Å². The van der Waals surface area contributed by atoms with Crippen molar-refractivity contribution in [3.05, 3.63) is 295 Å². The maximum atomic E-state index is 2.43. The zero-order valence-corrected chi connectivity index (χ0v) is 37.7. The number of hydrogen-bond acceptors (Lipinski definition) is 2. The Morgan fingerprint density at radius 1 is 0.269 bits per heavy atom. The Kier molecular flexibility index (Phi) is 10.4. The Bertz CT molecular complexity index is 3560. The average Bonchev–Trinajstić information content (AvgIpc) is 3.79. The van der Waals surface area contributed by atoms with Gasteiger partial charge in [-0.25, -0.2) is 0 Å². The Balaban J connectivity index is 0.980. The minimum atomic E-state index is -0.510. The molecular weight excluding hydrogens is 827 g/mol. The Morgan fingerprint density at radius 2 is 0.746 bits per heavy atom. The monoisotopic (exact) mass is 871 g/mol. The molecule has 0 spiro atoms. The first-order chi connectivity index (χ1) is 33.2. The van der Waals surface area contributed by atoms with Gasteiger partial charge in [-0.2, -0.15) is 0 Å². The van der Waals surface area contributed by atoms with Crippen LogP contribution in [0.2, 0.25) is 0 Å². The van der Waals surface area contributed by atoms with Gasteiger partial charge in [0.25, 0.3) is 0 Å². The topological polar surface area (TPSA) is 3.24 Å². The molecule has 0 saturated carbocycles. The summed E-state index contributed by atoms with van der Waals surface area (Å²) < 4.78 is 2.64. The number of nitrogens with zero attached hydrogens (tertiary/aromatic N) is 1. The van der Waals surface area contributed by atoms with E-state index in [1.54, 1.807) is 0 Å². The van der Waals surface area contributed by atoms with Crippen molar-refractivity contribution in [2.45, 2.75) is 5.41 Å². The van der Waals surface area contributed by atoms with Crippen LogP contribution in [0, 0.1) is 0 Å². The molecule has 0 N–H and O–H groups in total. The van der Waals surface area contributed by atoms with Crippen LogP contribution in [-0.4, -0.2) is 0 Å². The molecule has 67 heavy (non-hydrogen) atoms. The summed E-state index contributed by atoms with van der Waals surface area (Å²) in [4.78, 5) is 2.43. The maximum Gasteiger partial charge on any atom is 0.0701 e. The van der Waals surface area contributed by atoms with Crippen molar-refractivity contribution < 1.29 is 0 Å². The quantitative estimate of drug-likeness (QED) is 0.124. The predicted molar refractivity (Wildman–Crippen MR) is 286 cm³/mol. The third-order valence-electron chi connectivity index (χ3n) is 13.4. The molecule has 0 unspecified atom stereocenters. The first-order valence-corrected chi connectivity index (χ1v) is 23.8. The SMILES string of the molecule is c1ccc(-c2cccc(N(c3ccc(-c4ccc5sc6ccccc6c5c4)cc3)c3ccc(-c4ccc(C(c5ccccc5)(c5ccccc5)c5ccccc5)cc4)c4ccccc34)c2)cc1. The van der Waals surface area contributed by atoms with Gasteiger partial charge < -0.3 is 4.90 Å². The largest absolute Gasteiger partial charge is 0.310 e. The van der Waals surface area contributed by atoms with E-state index in [0.29, 0.717) is 0 Å². The molecular formula is C65H45NS. The average molecular weight is 872 g/mol. The van der Waals surface area contributed by atoms with Crippen LogP contribution in [0.15, 0.2) is 273 Å². The zero-order chi connectivity index (χ0) is 44.6. The van der Waals surface area contributed by atoms with Gasteiger partial charge in [0.1, 0.15) is 0 Å². The summed E-state index contributed by atoms with van der Waals surface area (Å²) in [5.74, 6) is 0. The molecule has 12 aromatic rings. The molecule has 0 aliphatic heterocycles. The van der Waals surface area contributed by atoms with E-state index in [1.165, 1.54) is 86.6 Å². The van der Waals surface area contributed by atoms with Crippen molar-refractivity contribution in [1.29, 1.82) is 0 Å². The Hall–Kier alpha value is -8.30. The molecule has 0 amide bonds. The molecule has 0 fully saturated rings. The van der Waals surface area contributed by atoms with Crippen molar-refractivity contribution in [1.82, 2.24) is 0 Å². The van der Waals surface area contributed by atoms with Gasteiger partial charge in [-0.15, -0.1) is 11.3 Å². The predicted octanol–water partition coefficient (Wildman–Crippen LogP) is 18.1. The highest BCUT2D eigenvalue weighted by Crippen LogP contribution is 2.47. The lowest BCUT2D eigenvalue weighted by Crippen LogP contribution is -2.30. The summed E-state index contributed by atoms with van der Waals surface area (Å²) in [6, 6.07) is 100.0. The second-order valence-electron chi connectivity index (χ2n) is 17.2. The van der Waals surface area contributed by atoms with Crippen LogP contribution in [0.4, 0.5) is 17.1 Å². The van der Waals surface area contributed by atoms with Gasteiger partial charge in [-0.1, -0.05) is 224 Å². The summed E-state index contributed by atoms with van der Waals surface area (Å²) in [5.41, 5.74) is 14.9. The van der Waals surface area contributed by atoms with Gasteiger partial charge in [-0.3, -0.25) is 0 Å². The van der Waals surface area contributed by atoms with E-state index in [1.807, 2.05) is 11.3 Å². The normalized spacial score (nSPS) is 11.6. The fraction of sp³-hybridized carbons (Fsp3) is 0.0154. The van der Waals surface area contributed by atoms with E-state index in [0.717, 1.165) is 17.1 Å². The summed E-state index contributed by atoms with van der Waals surface area (Å²) in [5, 5.41) is 5.01. The molecule has 12 rings (SSSR count). The van der Waals surface area contributed by atoms with Crippen LogP contribution in [0.25, 0.3) is 64.3 Å². The number of thiophene rings is 1. The lowest BCUT2D eigenvalue weighted by Gasteiger charge is -2.37. The Morgan fingerprint density at radius 3 is 1.40 bits per heavy atom. The highest BCUT2D eigenvalue weighted by molar-refractivity contribution is 7.25. The molecule has 1 nitrogen and oxygen atoms in total. The first-order valence-electron chi connectivity index (χ1n) is 23.0. The molecule has 1 aromatic heterocycles. The smallest absolute Gasteiger partial charge is 0.0701 e. The van der Waals surface area contributed by atoms with Gasteiger partial charge in [-0.05, 0) is 110 Å². The summed E-state index contributed by atoms with van der Waals surface area (Å²) in [6.45, 7) is 0. The van der Waals surface area contributed by atoms with E-state index >= 15 is 0 Å². The molecule has 316 valence electrons. The third-order valence-corrected chi connectivity index (χ3v) is 14.6. The standard InChI is InChI=1S/C65H45NS/c1-5-18-46(19-6-1)49-20-17-27-56(44-49)66(55-39-34-47(35-40-55)50-36-43-64-61(45-50)60-30-15-16-31-63(60)67-64)62-42-41-57(58-28-13-14-29-59(58)62)48-32-37-54(38-33-48)65(51-21-7-2-8-22-51,52-23-9-3-10-24-52)53-25-11-4-12-26-53/h1-45H. The van der Waals surface area contributed by atoms with E-state index in [-0.39, 0.29) is 0 Å². The summed E-state index contributed by atoms with van der Waals surface area (Å²) in [6.07, 6.45) is 0. The van der Waals surface area contributed by atoms with Gasteiger partial charge >= 0.3 is 0 Å². The Labute approximate surface area is 396 Å². The van der Waals surface area contributed by atoms with Crippen LogP contribution in [-0.2, 0) is 5.41 Å². The fourth-order valence-electron chi connectivity index (χ4n) is 10.3. The van der Waals surface area contributed by atoms with E-state index in [4.69, 9.17) is 0 Å². The van der Waals surface area contributed by atoms with Crippen molar-refractivity contribution in [3.63, 3.8) is 0 Å².